The highest BCUT2D eigenvalue weighted by atomic mass is 16.1. The molecular formula is C26H50O. The number of unbranched alkanes of at least 4 members (excludes halogenated alkanes) is 15. The van der Waals surface area contributed by atoms with Crippen molar-refractivity contribution in [3.8, 4) is 0 Å². The molecule has 1 atom stereocenters. The van der Waals surface area contributed by atoms with Gasteiger partial charge in [-0.3, -0.25) is 0 Å². The largest absolute Gasteiger partial charge is 0.303 e. The van der Waals surface area contributed by atoms with Gasteiger partial charge in [0.05, 0.1) is 0 Å². The molecule has 0 radical (unpaired) electrons. The summed E-state index contributed by atoms with van der Waals surface area (Å²) in [6.45, 7) is 4.52. The molecular weight excluding hydrogens is 328 g/mol. The summed E-state index contributed by atoms with van der Waals surface area (Å²) in [7, 11) is 0. The van der Waals surface area contributed by atoms with E-state index in [-0.39, 0.29) is 0 Å². The molecule has 0 saturated heterocycles. The maximum atomic E-state index is 11.2. The first-order valence-corrected chi connectivity index (χ1v) is 12.4. The lowest BCUT2D eigenvalue weighted by molar-refractivity contribution is -0.111. The third-order valence-corrected chi connectivity index (χ3v) is 5.71. The molecule has 0 aromatic rings. The summed E-state index contributed by atoms with van der Waals surface area (Å²) in [5, 5.41) is 0. The van der Waals surface area contributed by atoms with Crippen molar-refractivity contribution in [1.29, 1.82) is 0 Å². The third kappa shape index (κ3) is 21.6. The average Bonchev–Trinajstić information content (AvgIpc) is 2.69. The van der Waals surface area contributed by atoms with E-state index in [1.54, 1.807) is 0 Å². The van der Waals surface area contributed by atoms with Crippen LogP contribution < -0.4 is 0 Å². The molecule has 0 aromatic heterocycles. The molecule has 0 N–H and O–H groups in total. The first-order chi connectivity index (χ1) is 13.3. The van der Waals surface area contributed by atoms with Crippen LogP contribution in [0.1, 0.15) is 142 Å². The molecule has 0 aliphatic carbocycles. The maximum Gasteiger partial charge on any atom is 0.123 e. The van der Waals surface area contributed by atoms with Crippen LogP contribution in [0.5, 0.6) is 0 Å². The number of aldehydes is 1. The van der Waals surface area contributed by atoms with Gasteiger partial charge >= 0.3 is 0 Å². The first-order valence-electron chi connectivity index (χ1n) is 12.4. The van der Waals surface area contributed by atoms with Gasteiger partial charge in [0.15, 0.2) is 0 Å². The molecule has 0 rings (SSSR count). The van der Waals surface area contributed by atoms with Gasteiger partial charge in [-0.1, -0.05) is 116 Å². The summed E-state index contributed by atoms with van der Waals surface area (Å²) in [5.41, 5.74) is 0. The predicted molar refractivity (Wildman–Crippen MR) is 122 cm³/mol. The lowest BCUT2D eigenvalue weighted by Gasteiger charge is -2.09. The van der Waals surface area contributed by atoms with Gasteiger partial charge < -0.3 is 4.79 Å². The molecule has 0 amide bonds. The van der Waals surface area contributed by atoms with Crippen molar-refractivity contribution in [3.05, 3.63) is 12.2 Å². The minimum atomic E-state index is 0.332. The molecule has 0 spiro atoms. The number of rotatable bonds is 22. The average molecular weight is 379 g/mol. The van der Waals surface area contributed by atoms with E-state index >= 15 is 0 Å². The Morgan fingerprint density at radius 1 is 0.519 bits per heavy atom. The number of carbonyl (C=O) groups is 1. The minimum Gasteiger partial charge on any atom is -0.303 e. The van der Waals surface area contributed by atoms with Crippen LogP contribution in [0.15, 0.2) is 12.2 Å². The smallest absolute Gasteiger partial charge is 0.123 e. The Bertz CT molecular complexity index is 307. The first kappa shape index (κ1) is 26.4. The molecule has 27 heavy (non-hydrogen) atoms. The fourth-order valence-electron chi connectivity index (χ4n) is 3.77. The summed E-state index contributed by atoms with van der Waals surface area (Å²) in [6, 6.07) is 0. The molecule has 0 saturated carbocycles. The normalized spacial score (nSPS) is 12.7. The van der Waals surface area contributed by atoms with Crippen molar-refractivity contribution in [2.75, 3.05) is 0 Å². The summed E-state index contributed by atoms with van der Waals surface area (Å²) in [5.74, 6) is 0.332. The highest BCUT2D eigenvalue weighted by molar-refractivity contribution is 5.53. The van der Waals surface area contributed by atoms with Gasteiger partial charge in [-0.15, -0.1) is 0 Å². The van der Waals surface area contributed by atoms with Gasteiger partial charge in [-0.2, -0.15) is 0 Å². The molecule has 0 aliphatic rings. The Morgan fingerprint density at radius 3 is 1.33 bits per heavy atom. The van der Waals surface area contributed by atoms with Gasteiger partial charge in [0, 0.05) is 5.92 Å². The van der Waals surface area contributed by atoms with E-state index in [0.29, 0.717) is 5.92 Å². The summed E-state index contributed by atoms with van der Waals surface area (Å²) < 4.78 is 0. The highest BCUT2D eigenvalue weighted by Crippen LogP contribution is 2.17. The van der Waals surface area contributed by atoms with Crippen LogP contribution in [-0.2, 0) is 4.79 Å². The summed E-state index contributed by atoms with van der Waals surface area (Å²) in [6.07, 6.45) is 32.3. The Hall–Kier alpha value is -0.590. The molecule has 0 aromatic carbocycles. The Balaban J connectivity index is 3.27. The van der Waals surface area contributed by atoms with E-state index in [1.807, 2.05) is 0 Å². The highest BCUT2D eigenvalue weighted by Gasteiger charge is 2.06. The van der Waals surface area contributed by atoms with E-state index in [0.717, 1.165) is 12.8 Å². The zero-order chi connectivity index (χ0) is 19.8. The maximum absolute atomic E-state index is 11.2. The zero-order valence-electron chi connectivity index (χ0n) is 18.9. The number of carbonyl (C=O) groups excluding carboxylic acids is 1. The monoisotopic (exact) mass is 378 g/mol. The number of hydrogen-bond acceptors (Lipinski definition) is 1. The Morgan fingerprint density at radius 2 is 0.889 bits per heavy atom. The van der Waals surface area contributed by atoms with Gasteiger partial charge in [0.25, 0.3) is 0 Å². The van der Waals surface area contributed by atoms with Crippen molar-refractivity contribution in [1.82, 2.24) is 0 Å². The minimum absolute atomic E-state index is 0.332. The number of allylic oxidation sites excluding steroid dienone is 2. The molecule has 1 unspecified atom stereocenters. The van der Waals surface area contributed by atoms with Gasteiger partial charge in [-0.25, -0.2) is 0 Å². The second-order valence-corrected chi connectivity index (χ2v) is 8.47. The molecule has 160 valence electrons. The molecule has 0 aliphatic heterocycles. The van der Waals surface area contributed by atoms with Crippen molar-refractivity contribution < 1.29 is 4.79 Å². The Kier molecular flexibility index (Phi) is 22.9. The third-order valence-electron chi connectivity index (χ3n) is 5.71. The lowest BCUT2D eigenvalue weighted by atomic mass is 9.95. The van der Waals surface area contributed by atoms with Crippen molar-refractivity contribution in [2.45, 2.75) is 142 Å². The molecule has 0 heterocycles. The van der Waals surface area contributed by atoms with Crippen LogP contribution in [0.3, 0.4) is 0 Å². The number of hydrogen-bond donors (Lipinski definition) is 0. The van der Waals surface area contributed by atoms with Crippen LogP contribution in [0, 0.1) is 5.92 Å². The zero-order valence-corrected chi connectivity index (χ0v) is 18.9. The van der Waals surface area contributed by atoms with Gasteiger partial charge in [-0.05, 0) is 38.5 Å². The summed E-state index contributed by atoms with van der Waals surface area (Å²) in [4.78, 5) is 11.2. The second kappa shape index (κ2) is 23.4. The topological polar surface area (TPSA) is 17.1 Å². The second-order valence-electron chi connectivity index (χ2n) is 8.47. The predicted octanol–water partition coefficient (Wildman–Crippen LogP) is 9.20. The van der Waals surface area contributed by atoms with Crippen LogP contribution in [0.25, 0.3) is 0 Å². The molecule has 0 bridgehead atoms. The van der Waals surface area contributed by atoms with Crippen LogP contribution in [-0.4, -0.2) is 6.29 Å². The van der Waals surface area contributed by atoms with Crippen molar-refractivity contribution in [2.24, 2.45) is 5.92 Å². The van der Waals surface area contributed by atoms with Crippen LogP contribution in [0.2, 0.25) is 0 Å². The lowest BCUT2D eigenvalue weighted by Crippen LogP contribution is -2.02. The fourth-order valence-corrected chi connectivity index (χ4v) is 3.77. The molecule has 1 heteroatoms. The fraction of sp³-hybridized carbons (Fsp3) is 0.885. The van der Waals surface area contributed by atoms with Gasteiger partial charge in [0.2, 0.25) is 0 Å². The van der Waals surface area contributed by atoms with E-state index in [9.17, 15) is 4.79 Å². The van der Waals surface area contributed by atoms with E-state index in [1.165, 1.54) is 122 Å². The van der Waals surface area contributed by atoms with E-state index < -0.39 is 0 Å². The van der Waals surface area contributed by atoms with Crippen molar-refractivity contribution in [3.63, 3.8) is 0 Å². The Labute approximate surface area is 171 Å². The van der Waals surface area contributed by atoms with Crippen molar-refractivity contribution >= 4 is 6.29 Å². The van der Waals surface area contributed by atoms with E-state index in [4.69, 9.17) is 0 Å². The quantitative estimate of drug-likeness (QED) is 0.104. The summed E-state index contributed by atoms with van der Waals surface area (Å²) >= 11 is 0. The van der Waals surface area contributed by atoms with Crippen LogP contribution in [0.4, 0.5) is 0 Å². The standard InChI is InChI=1S/C26H50O/c1-3-5-7-9-10-11-12-13-14-15-16-17-18-19-20-22-24-26(25-27)23-21-8-6-4-2/h13-14,25-26H,3-12,15-24H2,1-2H3. The van der Waals surface area contributed by atoms with Gasteiger partial charge in [0.1, 0.15) is 6.29 Å². The molecule has 1 nitrogen and oxygen atoms in total. The molecule has 0 fully saturated rings. The van der Waals surface area contributed by atoms with E-state index in [2.05, 4.69) is 26.0 Å². The SMILES string of the molecule is CCCCCCCCC=CCCCCCCCCC(C=O)CCCCCC. The van der Waals surface area contributed by atoms with Crippen LogP contribution >= 0.6 is 0 Å².